The van der Waals surface area contributed by atoms with Gasteiger partial charge in [-0.15, -0.1) is 0 Å². The highest BCUT2D eigenvalue weighted by Crippen LogP contribution is 2.35. The van der Waals surface area contributed by atoms with E-state index in [4.69, 9.17) is 0 Å². The summed E-state index contributed by atoms with van der Waals surface area (Å²) in [5, 5.41) is 16.3. The van der Waals surface area contributed by atoms with Crippen molar-refractivity contribution in [3.05, 3.63) is 28.2 Å². The minimum Gasteiger partial charge on any atom is -0.396 e. The van der Waals surface area contributed by atoms with Crippen LogP contribution in [0.15, 0.2) is 16.9 Å². The number of aliphatic hydroxyl groups is 1. The second-order valence-corrected chi connectivity index (χ2v) is 5.58. The van der Waals surface area contributed by atoms with Crippen LogP contribution in [0.3, 0.4) is 0 Å². The first-order valence-corrected chi connectivity index (χ1v) is 7.00. The predicted octanol–water partition coefficient (Wildman–Crippen LogP) is 0.453. The summed E-state index contributed by atoms with van der Waals surface area (Å²) >= 11 is 0. The van der Waals surface area contributed by atoms with Gasteiger partial charge in [0, 0.05) is 25.1 Å². The molecular formula is C14H21N3O3. The predicted molar refractivity (Wildman–Crippen MR) is 74.4 cm³/mol. The molecule has 0 spiro atoms. The smallest absolute Gasteiger partial charge is 0.271 e. The zero-order chi connectivity index (χ0) is 14.6. The molecule has 1 aromatic heterocycles. The summed E-state index contributed by atoms with van der Waals surface area (Å²) in [6.45, 7) is 0.542. The molecule has 1 amide bonds. The Balaban J connectivity index is 2.00. The second-order valence-electron chi connectivity index (χ2n) is 5.58. The summed E-state index contributed by atoms with van der Waals surface area (Å²) < 4.78 is 1.14. The fourth-order valence-corrected chi connectivity index (χ4v) is 2.67. The van der Waals surface area contributed by atoms with E-state index in [1.165, 1.54) is 25.6 Å². The summed E-state index contributed by atoms with van der Waals surface area (Å²) in [6.07, 6.45) is 5.25. The van der Waals surface area contributed by atoms with E-state index in [0.29, 0.717) is 6.54 Å². The molecule has 2 rings (SSSR count). The van der Waals surface area contributed by atoms with Gasteiger partial charge in [0.05, 0.1) is 6.61 Å². The van der Waals surface area contributed by atoms with Crippen LogP contribution in [-0.2, 0) is 7.05 Å². The normalized spacial score (nSPS) is 17.7. The average molecular weight is 279 g/mol. The van der Waals surface area contributed by atoms with Gasteiger partial charge in [-0.1, -0.05) is 19.3 Å². The van der Waals surface area contributed by atoms with Gasteiger partial charge in [-0.2, -0.15) is 5.10 Å². The van der Waals surface area contributed by atoms with E-state index in [1.54, 1.807) is 0 Å². The van der Waals surface area contributed by atoms with Crippen LogP contribution in [-0.4, -0.2) is 33.9 Å². The van der Waals surface area contributed by atoms with Crippen LogP contribution < -0.4 is 10.9 Å². The zero-order valence-corrected chi connectivity index (χ0v) is 11.8. The van der Waals surface area contributed by atoms with Crippen molar-refractivity contribution in [1.29, 1.82) is 0 Å². The molecule has 0 aliphatic heterocycles. The zero-order valence-electron chi connectivity index (χ0n) is 11.8. The standard InChI is InChI=1S/C14H21N3O3/c1-17-12(19)6-5-11(16-17)13(20)15-9-14(10-18)7-3-2-4-8-14/h5-6,18H,2-4,7-10H2,1H3,(H,15,20). The minimum atomic E-state index is -0.306. The van der Waals surface area contributed by atoms with E-state index in [0.717, 1.165) is 30.4 Å². The van der Waals surface area contributed by atoms with Gasteiger partial charge >= 0.3 is 0 Å². The molecule has 0 radical (unpaired) electrons. The molecule has 110 valence electrons. The molecule has 0 bridgehead atoms. The SMILES string of the molecule is Cn1nc(C(=O)NCC2(CO)CCCCC2)ccc1=O. The van der Waals surface area contributed by atoms with Crippen LogP contribution in [0.5, 0.6) is 0 Å². The van der Waals surface area contributed by atoms with Gasteiger partial charge in [-0.05, 0) is 18.9 Å². The van der Waals surface area contributed by atoms with Crippen LogP contribution in [0.4, 0.5) is 0 Å². The van der Waals surface area contributed by atoms with Crippen molar-refractivity contribution in [1.82, 2.24) is 15.1 Å². The molecule has 1 heterocycles. The fourth-order valence-electron chi connectivity index (χ4n) is 2.67. The van der Waals surface area contributed by atoms with Crippen molar-refractivity contribution in [2.24, 2.45) is 12.5 Å². The molecule has 1 fully saturated rings. The fraction of sp³-hybridized carbons (Fsp3) is 0.643. The second kappa shape index (κ2) is 6.17. The van der Waals surface area contributed by atoms with Crippen molar-refractivity contribution >= 4 is 5.91 Å². The van der Waals surface area contributed by atoms with E-state index in [1.807, 2.05) is 0 Å². The maximum Gasteiger partial charge on any atom is 0.271 e. The Hall–Kier alpha value is -1.69. The first-order chi connectivity index (χ1) is 9.56. The summed E-state index contributed by atoms with van der Waals surface area (Å²) in [5.74, 6) is -0.306. The van der Waals surface area contributed by atoms with Crippen LogP contribution >= 0.6 is 0 Å². The molecule has 0 saturated heterocycles. The Morgan fingerprint density at radius 3 is 2.70 bits per heavy atom. The molecule has 0 unspecified atom stereocenters. The average Bonchev–Trinajstić information content (AvgIpc) is 2.48. The van der Waals surface area contributed by atoms with Crippen molar-refractivity contribution < 1.29 is 9.90 Å². The molecule has 2 N–H and O–H groups in total. The first kappa shape index (κ1) is 14.7. The van der Waals surface area contributed by atoms with E-state index >= 15 is 0 Å². The number of amides is 1. The molecular weight excluding hydrogens is 258 g/mol. The number of carbonyl (C=O) groups is 1. The number of hydrogen-bond donors (Lipinski definition) is 2. The number of aromatic nitrogens is 2. The lowest BCUT2D eigenvalue weighted by Crippen LogP contribution is -2.42. The van der Waals surface area contributed by atoms with Crippen molar-refractivity contribution in [2.45, 2.75) is 32.1 Å². The highest BCUT2D eigenvalue weighted by molar-refractivity contribution is 5.92. The number of nitrogens with one attached hydrogen (secondary N) is 1. The quantitative estimate of drug-likeness (QED) is 0.838. The van der Waals surface area contributed by atoms with E-state index in [-0.39, 0.29) is 29.2 Å². The molecule has 6 nitrogen and oxygen atoms in total. The van der Waals surface area contributed by atoms with Gasteiger partial charge in [0.1, 0.15) is 5.69 Å². The highest BCUT2D eigenvalue weighted by Gasteiger charge is 2.31. The van der Waals surface area contributed by atoms with Crippen LogP contribution in [0.2, 0.25) is 0 Å². The summed E-state index contributed by atoms with van der Waals surface area (Å²) in [4.78, 5) is 23.3. The van der Waals surface area contributed by atoms with Gasteiger partial charge in [-0.25, -0.2) is 4.68 Å². The lowest BCUT2D eigenvalue weighted by molar-refractivity contribution is 0.0714. The van der Waals surface area contributed by atoms with Gasteiger partial charge < -0.3 is 10.4 Å². The number of aryl methyl sites for hydroxylation is 1. The van der Waals surface area contributed by atoms with Crippen molar-refractivity contribution in [2.75, 3.05) is 13.2 Å². The molecule has 1 saturated carbocycles. The summed E-state index contributed by atoms with van der Waals surface area (Å²) in [7, 11) is 1.51. The highest BCUT2D eigenvalue weighted by atomic mass is 16.3. The van der Waals surface area contributed by atoms with E-state index in [2.05, 4.69) is 10.4 Å². The molecule has 1 aliphatic rings. The third-order valence-electron chi connectivity index (χ3n) is 4.07. The molecule has 1 aliphatic carbocycles. The largest absolute Gasteiger partial charge is 0.396 e. The summed E-state index contributed by atoms with van der Waals surface area (Å²) in [5.41, 5.74) is -0.231. The van der Waals surface area contributed by atoms with Crippen LogP contribution in [0.1, 0.15) is 42.6 Å². The first-order valence-electron chi connectivity index (χ1n) is 7.00. The van der Waals surface area contributed by atoms with E-state index in [9.17, 15) is 14.7 Å². The summed E-state index contributed by atoms with van der Waals surface area (Å²) in [6, 6.07) is 2.74. The van der Waals surface area contributed by atoms with Gasteiger partial charge in [0.2, 0.25) is 0 Å². The third-order valence-corrected chi connectivity index (χ3v) is 4.07. The Morgan fingerprint density at radius 2 is 2.10 bits per heavy atom. The lowest BCUT2D eigenvalue weighted by Gasteiger charge is -2.35. The maximum atomic E-state index is 12.0. The monoisotopic (exact) mass is 279 g/mol. The maximum absolute atomic E-state index is 12.0. The molecule has 20 heavy (non-hydrogen) atoms. The van der Waals surface area contributed by atoms with Gasteiger partial charge in [0.15, 0.2) is 0 Å². The molecule has 6 heteroatoms. The molecule has 0 aromatic carbocycles. The van der Waals surface area contributed by atoms with Crippen LogP contribution in [0, 0.1) is 5.41 Å². The van der Waals surface area contributed by atoms with Crippen LogP contribution in [0.25, 0.3) is 0 Å². The number of hydrogen-bond acceptors (Lipinski definition) is 4. The van der Waals surface area contributed by atoms with Gasteiger partial charge in [-0.3, -0.25) is 9.59 Å². The Labute approximate surface area is 117 Å². The van der Waals surface area contributed by atoms with Crippen molar-refractivity contribution in [3.63, 3.8) is 0 Å². The Bertz CT molecular complexity index is 533. The Morgan fingerprint density at radius 1 is 1.40 bits per heavy atom. The van der Waals surface area contributed by atoms with Gasteiger partial charge in [0.25, 0.3) is 11.5 Å². The minimum absolute atomic E-state index is 0.0913. The number of rotatable bonds is 4. The lowest BCUT2D eigenvalue weighted by atomic mass is 9.74. The Kier molecular flexibility index (Phi) is 4.54. The van der Waals surface area contributed by atoms with E-state index < -0.39 is 0 Å². The topological polar surface area (TPSA) is 84.2 Å². The van der Waals surface area contributed by atoms with Crippen molar-refractivity contribution in [3.8, 4) is 0 Å². The third kappa shape index (κ3) is 3.25. The number of nitrogens with zero attached hydrogens (tertiary/aromatic N) is 2. The number of aliphatic hydroxyl groups excluding tert-OH is 1. The number of carbonyl (C=O) groups excluding carboxylic acids is 1. The molecule has 1 aromatic rings. The molecule has 0 atom stereocenters.